The molecule has 1 aliphatic heterocycles. The van der Waals surface area contributed by atoms with Gasteiger partial charge >= 0.3 is 12.1 Å². The Balaban J connectivity index is 3.73. The zero-order valence-electron chi connectivity index (χ0n) is 25.7. The van der Waals surface area contributed by atoms with E-state index in [4.69, 9.17) is 23.1 Å². The maximum atomic E-state index is 13.5. The van der Waals surface area contributed by atoms with Crippen molar-refractivity contribution in [3.63, 3.8) is 0 Å². The quantitative estimate of drug-likeness (QED) is 0.273. The molecule has 3 atom stereocenters. The summed E-state index contributed by atoms with van der Waals surface area (Å²) in [6.07, 6.45) is -2.35. The topological polar surface area (TPSA) is 83.5 Å². The number of hydrogen-bond acceptors (Lipinski definition) is 7. The Morgan fingerprint density at radius 1 is 0.889 bits per heavy atom. The van der Waals surface area contributed by atoms with Crippen molar-refractivity contribution in [2.75, 3.05) is 13.7 Å². The molecule has 8 nitrogen and oxygen atoms in total. The molecule has 0 saturated carbocycles. The molecule has 1 heterocycles. The van der Waals surface area contributed by atoms with E-state index in [0.29, 0.717) is 0 Å². The largest absolute Gasteiger partial charge is 0.467 e. The summed E-state index contributed by atoms with van der Waals surface area (Å²) >= 11 is 0. The second-order valence-electron chi connectivity index (χ2n) is 14.3. The van der Waals surface area contributed by atoms with Crippen molar-refractivity contribution in [3.8, 4) is 0 Å². The lowest BCUT2D eigenvalue weighted by atomic mass is 10.0. The van der Waals surface area contributed by atoms with E-state index in [-0.39, 0.29) is 16.7 Å². The van der Waals surface area contributed by atoms with Crippen molar-refractivity contribution in [1.82, 2.24) is 4.90 Å². The van der Waals surface area contributed by atoms with Crippen LogP contribution in [0.25, 0.3) is 0 Å². The second kappa shape index (κ2) is 10.7. The zero-order chi connectivity index (χ0) is 28.7. The van der Waals surface area contributed by atoms with Gasteiger partial charge in [0.2, 0.25) is 0 Å². The molecule has 10 heteroatoms. The lowest BCUT2D eigenvalue weighted by Crippen LogP contribution is -2.62. The molecule has 0 aromatic heterocycles. The van der Waals surface area contributed by atoms with Crippen molar-refractivity contribution in [1.29, 1.82) is 0 Å². The molecule has 0 aromatic carbocycles. The van der Waals surface area contributed by atoms with Crippen LogP contribution in [-0.4, -0.2) is 76.9 Å². The van der Waals surface area contributed by atoms with Gasteiger partial charge in [-0.2, -0.15) is 0 Å². The highest BCUT2D eigenvalue weighted by Gasteiger charge is 2.56. The van der Waals surface area contributed by atoms with Gasteiger partial charge in [0.25, 0.3) is 0 Å². The zero-order valence-corrected chi connectivity index (χ0v) is 27.7. The highest BCUT2D eigenvalue weighted by Crippen LogP contribution is 2.43. The van der Waals surface area contributed by atoms with Crippen LogP contribution in [0.4, 0.5) is 4.79 Å². The molecule has 1 rings (SSSR count). The molecule has 36 heavy (non-hydrogen) atoms. The van der Waals surface area contributed by atoms with Gasteiger partial charge in [-0.3, -0.25) is 4.90 Å². The third-order valence-electron chi connectivity index (χ3n) is 7.69. The van der Waals surface area contributed by atoms with Gasteiger partial charge in [-0.1, -0.05) is 41.5 Å². The fourth-order valence-electron chi connectivity index (χ4n) is 3.46. The molecule has 0 spiro atoms. The summed E-state index contributed by atoms with van der Waals surface area (Å²) in [6.45, 7) is 30.5. The van der Waals surface area contributed by atoms with Crippen molar-refractivity contribution in [2.45, 2.75) is 142 Å². The van der Waals surface area contributed by atoms with Crippen LogP contribution in [-0.2, 0) is 27.9 Å². The molecule has 0 N–H and O–H groups in total. The average molecular weight is 548 g/mol. The van der Waals surface area contributed by atoms with Crippen LogP contribution in [0, 0.1) is 0 Å². The molecule has 0 bridgehead atoms. The standard InChI is InChI=1S/C26H53NO7Si2/c1-23(2,3)32-22(29)27-18(17-31-26(27,10)11)19(33-35(13,14)24(4,5)6)20(21(28)30-12)34-36(15,16)25(7,8)9/h18-20H,17H2,1-16H3/t18-,19-,20-/m0/s1. The summed E-state index contributed by atoms with van der Waals surface area (Å²) in [7, 11) is -3.53. The summed E-state index contributed by atoms with van der Waals surface area (Å²) in [5.41, 5.74) is -1.66. The van der Waals surface area contributed by atoms with Gasteiger partial charge in [0, 0.05) is 0 Å². The third-order valence-corrected chi connectivity index (χ3v) is 16.6. The number of carbonyl (C=O) groups is 2. The second-order valence-corrected chi connectivity index (χ2v) is 23.9. The van der Waals surface area contributed by atoms with Crippen molar-refractivity contribution in [3.05, 3.63) is 0 Å². The number of ether oxygens (including phenoxy) is 3. The normalized spacial score (nSPS) is 21.2. The van der Waals surface area contributed by atoms with E-state index in [1.165, 1.54) is 7.11 Å². The Morgan fingerprint density at radius 2 is 1.33 bits per heavy atom. The first-order valence-corrected chi connectivity index (χ1v) is 18.7. The molecule has 1 saturated heterocycles. The highest BCUT2D eigenvalue weighted by molar-refractivity contribution is 6.74. The Kier molecular flexibility index (Phi) is 9.80. The van der Waals surface area contributed by atoms with Crippen LogP contribution in [0.1, 0.15) is 76.2 Å². The smallest absolute Gasteiger partial charge is 0.412 e. The van der Waals surface area contributed by atoms with Crippen LogP contribution in [0.5, 0.6) is 0 Å². The van der Waals surface area contributed by atoms with E-state index >= 15 is 0 Å². The SMILES string of the molecule is COC(=O)[C@@H](O[Si](C)(C)C(C)(C)C)[C@@H](O[Si](C)(C)C(C)(C)C)[C@@H]1COC(C)(C)N1C(=O)OC(C)(C)C. The lowest BCUT2D eigenvalue weighted by molar-refractivity contribution is -0.157. The first-order valence-electron chi connectivity index (χ1n) is 12.9. The monoisotopic (exact) mass is 547 g/mol. The minimum atomic E-state index is -2.45. The minimum Gasteiger partial charge on any atom is -0.467 e. The van der Waals surface area contributed by atoms with E-state index in [1.807, 2.05) is 34.6 Å². The van der Waals surface area contributed by atoms with Gasteiger partial charge < -0.3 is 23.1 Å². The number of hydrogen-bond donors (Lipinski definition) is 0. The summed E-state index contributed by atoms with van der Waals surface area (Å²) in [5, 5.41) is -0.300. The van der Waals surface area contributed by atoms with Crippen LogP contribution in [0.2, 0.25) is 36.3 Å². The Morgan fingerprint density at radius 3 is 1.72 bits per heavy atom. The molecule has 0 aliphatic carbocycles. The third kappa shape index (κ3) is 7.78. The Labute approximate surface area is 222 Å². The number of esters is 1. The van der Waals surface area contributed by atoms with E-state index in [1.54, 1.807) is 4.90 Å². The fraction of sp³-hybridized carbons (Fsp3) is 0.923. The Hall–Kier alpha value is -0.946. The molecule has 212 valence electrons. The molecule has 0 aromatic rings. The molecule has 1 aliphatic rings. The summed E-state index contributed by atoms with van der Waals surface area (Å²) < 4.78 is 30.8. The maximum absolute atomic E-state index is 13.5. The predicted octanol–water partition coefficient (Wildman–Crippen LogP) is 6.31. The van der Waals surface area contributed by atoms with Crippen LogP contribution in [0.15, 0.2) is 0 Å². The van der Waals surface area contributed by atoms with Crippen LogP contribution in [0.3, 0.4) is 0 Å². The molecular weight excluding hydrogens is 494 g/mol. The van der Waals surface area contributed by atoms with E-state index in [0.717, 1.165) is 0 Å². The van der Waals surface area contributed by atoms with Crippen molar-refractivity contribution < 1.29 is 32.7 Å². The number of rotatable bonds is 7. The van der Waals surface area contributed by atoms with E-state index in [2.05, 4.69) is 67.7 Å². The molecule has 1 amide bonds. The number of methoxy groups -OCH3 is 1. The molecule has 1 fully saturated rings. The predicted molar refractivity (Wildman–Crippen MR) is 148 cm³/mol. The number of nitrogens with zero attached hydrogens (tertiary/aromatic N) is 1. The maximum Gasteiger partial charge on any atom is 0.412 e. The summed E-state index contributed by atoms with van der Waals surface area (Å²) in [6, 6.07) is -0.613. The van der Waals surface area contributed by atoms with Gasteiger partial charge in [-0.25, -0.2) is 9.59 Å². The number of amides is 1. The van der Waals surface area contributed by atoms with E-state index < -0.39 is 58.3 Å². The Bertz CT molecular complexity index is 792. The fourth-order valence-corrected chi connectivity index (χ4v) is 5.99. The van der Waals surface area contributed by atoms with E-state index in [9.17, 15) is 9.59 Å². The lowest BCUT2D eigenvalue weighted by Gasteiger charge is -2.47. The van der Waals surface area contributed by atoms with Gasteiger partial charge in [-0.05, 0) is 70.9 Å². The van der Waals surface area contributed by atoms with Crippen molar-refractivity contribution >= 4 is 28.7 Å². The van der Waals surface area contributed by atoms with Gasteiger partial charge in [0.1, 0.15) is 17.4 Å². The first kappa shape index (κ1) is 33.1. The van der Waals surface area contributed by atoms with Crippen LogP contribution >= 0.6 is 0 Å². The van der Waals surface area contributed by atoms with Crippen molar-refractivity contribution in [2.24, 2.45) is 0 Å². The first-order chi connectivity index (χ1) is 15.8. The molecular formula is C26H53NO7Si2. The van der Waals surface area contributed by atoms with Gasteiger partial charge in [0.05, 0.1) is 19.8 Å². The number of carbonyl (C=O) groups excluding carboxylic acids is 2. The minimum absolute atomic E-state index is 0.144. The van der Waals surface area contributed by atoms with Crippen LogP contribution < -0.4 is 0 Å². The molecule has 0 unspecified atom stereocenters. The van der Waals surface area contributed by atoms with Gasteiger partial charge in [-0.15, -0.1) is 0 Å². The van der Waals surface area contributed by atoms with Gasteiger partial charge in [0.15, 0.2) is 22.7 Å². The molecule has 0 radical (unpaired) electrons. The average Bonchev–Trinajstić information content (AvgIpc) is 2.95. The highest BCUT2D eigenvalue weighted by atomic mass is 28.4. The summed E-state index contributed by atoms with van der Waals surface area (Å²) in [5.74, 6) is -0.516. The summed E-state index contributed by atoms with van der Waals surface area (Å²) in [4.78, 5) is 28.4.